The summed E-state index contributed by atoms with van der Waals surface area (Å²) in [4.78, 5) is 14.2. The van der Waals surface area contributed by atoms with Gasteiger partial charge in [-0.3, -0.25) is 4.79 Å². The molecule has 0 aliphatic carbocycles. The van der Waals surface area contributed by atoms with Crippen LogP contribution in [0.25, 0.3) is 0 Å². The summed E-state index contributed by atoms with van der Waals surface area (Å²) in [6, 6.07) is 5.79. The predicted octanol–water partition coefficient (Wildman–Crippen LogP) is 4.09. The number of carbonyl (C=O) groups is 1. The molecule has 0 spiro atoms. The molecule has 1 aromatic carbocycles. The van der Waals surface area contributed by atoms with Gasteiger partial charge in [0.25, 0.3) is 0 Å². The Kier molecular flexibility index (Phi) is 7.00. The number of methoxy groups -OCH3 is 1. The summed E-state index contributed by atoms with van der Waals surface area (Å²) in [6.07, 6.45) is 5.98. The van der Waals surface area contributed by atoms with Gasteiger partial charge in [-0.25, -0.2) is 0 Å². The van der Waals surface area contributed by atoms with Crippen molar-refractivity contribution in [2.45, 2.75) is 38.5 Å². The topological polar surface area (TPSA) is 41.6 Å². The van der Waals surface area contributed by atoms with Gasteiger partial charge in [-0.05, 0) is 50.3 Å². The second-order valence-corrected chi connectivity index (χ2v) is 6.12. The summed E-state index contributed by atoms with van der Waals surface area (Å²) in [5, 5.41) is 3.61. The number of nitrogens with zero attached hydrogens (tertiary/aromatic N) is 1. The van der Waals surface area contributed by atoms with Crippen LogP contribution in [0.15, 0.2) is 18.2 Å². The Hall–Kier alpha value is -1.26. The molecule has 1 saturated heterocycles. The second kappa shape index (κ2) is 9.01. The van der Waals surface area contributed by atoms with E-state index >= 15 is 0 Å². The van der Waals surface area contributed by atoms with Gasteiger partial charge in [-0.1, -0.05) is 11.6 Å². The quantitative estimate of drug-likeness (QED) is 0.768. The van der Waals surface area contributed by atoms with Crippen LogP contribution >= 0.6 is 11.6 Å². The SMILES string of the molecule is COCCCCC(=O)Nc1ccc(N2CCCCC2)c(Cl)c1. The van der Waals surface area contributed by atoms with Crippen LogP contribution in [-0.4, -0.2) is 32.7 Å². The molecule has 0 saturated carbocycles. The number of hydrogen-bond acceptors (Lipinski definition) is 3. The van der Waals surface area contributed by atoms with Crippen LogP contribution < -0.4 is 10.2 Å². The first-order valence-corrected chi connectivity index (χ1v) is 8.42. The van der Waals surface area contributed by atoms with Gasteiger partial charge < -0.3 is 15.0 Å². The number of carbonyl (C=O) groups excluding carboxylic acids is 1. The minimum Gasteiger partial charge on any atom is -0.385 e. The van der Waals surface area contributed by atoms with Crippen molar-refractivity contribution in [1.29, 1.82) is 0 Å². The van der Waals surface area contributed by atoms with Crippen LogP contribution in [0.1, 0.15) is 38.5 Å². The van der Waals surface area contributed by atoms with Crippen molar-refractivity contribution >= 4 is 28.9 Å². The van der Waals surface area contributed by atoms with Crippen molar-refractivity contribution in [3.8, 4) is 0 Å². The molecule has 122 valence electrons. The van der Waals surface area contributed by atoms with Crippen LogP contribution in [0.4, 0.5) is 11.4 Å². The molecule has 0 atom stereocenters. The number of rotatable bonds is 7. The summed E-state index contributed by atoms with van der Waals surface area (Å²) in [6.45, 7) is 2.82. The molecule has 1 fully saturated rings. The van der Waals surface area contributed by atoms with Gasteiger partial charge in [-0.2, -0.15) is 0 Å². The van der Waals surface area contributed by atoms with Crippen LogP contribution in [0, 0.1) is 0 Å². The number of benzene rings is 1. The summed E-state index contributed by atoms with van der Waals surface area (Å²) in [7, 11) is 1.67. The highest BCUT2D eigenvalue weighted by molar-refractivity contribution is 6.33. The van der Waals surface area contributed by atoms with Crippen molar-refractivity contribution in [3.05, 3.63) is 23.2 Å². The lowest BCUT2D eigenvalue weighted by atomic mass is 10.1. The first-order chi connectivity index (χ1) is 10.7. The minimum atomic E-state index is 0.0258. The van der Waals surface area contributed by atoms with Crippen molar-refractivity contribution in [2.75, 3.05) is 37.0 Å². The normalized spacial score (nSPS) is 14.9. The average molecular weight is 325 g/mol. The highest BCUT2D eigenvalue weighted by atomic mass is 35.5. The molecule has 2 rings (SSSR count). The monoisotopic (exact) mass is 324 g/mol. The maximum Gasteiger partial charge on any atom is 0.224 e. The smallest absolute Gasteiger partial charge is 0.224 e. The number of nitrogens with one attached hydrogen (secondary N) is 1. The van der Waals surface area contributed by atoms with Crippen molar-refractivity contribution < 1.29 is 9.53 Å². The van der Waals surface area contributed by atoms with E-state index in [-0.39, 0.29) is 5.91 Å². The fourth-order valence-corrected chi connectivity index (χ4v) is 3.03. The molecule has 5 heteroatoms. The zero-order valence-corrected chi connectivity index (χ0v) is 14.0. The summed E-state index contributed by atoms with van der Waals surface area (Å²) in [5.74, 6) is 0.0258. The number of anilines is 2. The Bertz CT molecular complexity index is 488. The maximum atomic E-state index is 11.9. The van der Waals surface area contributed by atoms with E-state index in [4.69, 9.17) is 16.3 Å². The lowest BCUT2D eigenvalue weighted by Gasteiger charge is -2.29. The molecule has 22 heavy (non-hydrogen) atoms. The Morgan fingerprint density at radius 2 is 2.05 bits per heavy atom. The standard InChI is InChI=1S/C17H25ClN2O2/c1-22-12-6-3-7-17(21)19-14-8-9-16(15(18)13-14)20-10-4-2-5-11-20/h8-9,13H,2-7,10-12H2,1H3,(H,19,21). The molecule has 4 nitrogen and oxygen atoms in total. The molecule has 1 heterocycles. The van der Waals surface area contributed by atoms with Gasteiger partial charge in [0.05, 0.1) is 10.7 Å². The Labute approximate surface area is 137 Å². The lowest BCUT2D eigenvalue weighted by molar-refractivity contribution is -0.116. The number of ether oxygens (including phenoxy) is 1. The van der Waals surface area contributed by atoms with Gasteiger partial charge in [-0.15, -0.1) is 0 Å². The van der Waals surface area contributed by atoms with E-state index in [1.807, 2.05) is 18.2 Å². The molecule has 1 N–H and O–H groups in total. The second-order valence-electron chi connectivity index (χ2n) is 5.71. The van der Waals surface area contributed by atoms with Crippen LogP contribution in [0.3, 0.4) is 0 Å². The Morgan fingerprint density at radius 3 is 2.73 bits per heavy atom. The van der Waals surface area contributed by atoms with Gasteiger partial charge in [0.15, 0.2) is 0 Å². The van der Waals surface area contributed by atoms with E-state index in [2.05, 4.69) is 10.2 Å². The van der Waals surface area contributed by atoms with Gasteiger partial charge in [0, 0.05) is 38.9 Å². The molecule has 0 bridgehead atoms. The van der Waals surface area contributed by atoms with E-state index in [0.717, 1.165) is 37.3 Å². The molecule has 1 aliphatic heterocycles. The molecule has 0 radical (unpaired) electrons. The van der Waals surface area contributed by atoms with Gasteiger partial charge >= 0.3 is 0 Å². The van der Waals surface area contributed by atoms with Crippen LogP contribution in [0.5, 0.6) is 0 Å². The third-order valence-electron chi connectivity index (χ3n) is 3.93. The fraction of sp³-hybridized carbons (Fsp3) is 0.588. The van der Waals surface area contributed by atoms with E-state index in [0.29, 0.717) is 18.1 Å². The molecular weight excluding hydrogens is 300 g/mol. The Morgan fingerprint density at radius 1 is 1.27 bits per heavy atom. The zero-order valence-electron chi connectivity index (χ0n) is 13.2. The van der Waals surface area contributed by atoms with Gasteiger partial charge in [0.1, 0.15) is 0 Å². The maximum absolute atomic E-state index is 11.9. The first kappa shape index (κ1) is 17.1. The highest BCUT2D eigenvalue weighted by Gasteiger charge is 2.14. The number of amides is 1. The van der Waals surface area contributed by atoms with Crippen molar-refractivity contribution in [2.24, 2.45) is 0 Å². The minimum absolute atomic E-state index is 0.0258. The number of hydrogen-bond donors (Lipinski definition) is 1. The number of halogens is 1. The number of piperidine rings is 1. The van der Waals surface area contributed by atoms with Crippen molar-refractivity contribution in [1.82, 2.24) is 0 Å². The summed E-state index contributed by atoms with van der Waals surface area (Å²) < 4.78 is 4.97. The predicted molar refractivity (Wildman–Crippen MR) is 91.9 cm³/mol. The third kappa shape index (κ3) is 5.18. The summed E-state index contributed by atoms with van der Waals surface area (Å²) in [5.41, 5.74) is 1.84. The molecule has 1 aromatic rings. The van der Waals surface area contributed by atoms with E-state index in [9.17, 15) is 4.79 Å². The fourth-order valence-electron chi connectivity index (χ4n) is 2.73. The van der Waals surface area contributed by atoms with Crippen LogP contribution in [-0.2, 0) is 9.53 Å². The molecule has 1 aliphatic rings. The Balaban J connectivity index is 1.87. The van der Waals surface area contributed by atoms with E-state index < -0.39 is 0 Å². The molecule has 0 unspecified atom stereocenters. The number of unbranched alkanes of at least 4 members (excludes halogenated alkanes) is 1. The van der Waals surface area contributed by atoms with E-state index in [1.54, 1.807) is 7.11 Å². The largest absolute Gasteiger partial charge is 0.385 e. The molecule has 1 amide bonds. The molecule has 0 aromatic heterocycles. The van der Waals surface area contributed by atoms with E-state index in [1.165, 1.54) is 19.3 Å². The summed E-state index contributed by atoms with van der Waals surface area (Å²) >= 11 is 6.38. The molecular formula is C17H25ClN2O2. The van der Waals surface area contributed by atoms with Crippen molar-refractivity contribution in [3.63, 3.8) is 0 Å². The zero-order chi connectivity index (χ0) is 15.8. The van der Waals surface area contributed by atoms with Crippen LogP contribution in [0.2, 0.25) is 5.02 Å². The third-order valence-corrected chi connectivity index (χ3v) is 4.23. The average Bonchev–Trinajstić information content (AvgIpc) is 2.52. The first-order valence-electron chi connectivity index (χ1n) is 8.04. The lowest BCUT2D eigenvalue weighted by Crippen LogP contribution is -2.29. The van der Waals surface area contributed by atoms with Gasteiger partial charge in [0.2, 0.25) is 5.91 Å². The highest BCUT2D eigenvalue weighted by Crippen LogP contribution is 2.30.